The van der Waals surface area contributed by atoms with Gasteiger partial charge in [0.15, 0.2) is 0 Å². The molecule has 1 heterocycles. The fraction of sp³-hybridized carbons (Fsp3) is 0.737. The number of rotatable bonds is 8. The highest BCUT2D eigenvalue weighted by Crippen LogP contribution is 2.38. The van der Waals surface area contributed by atoms with Gasteiger partial charge in [0.25, 0.3) is 0 Å². The molecule has 1 aromatic heterocycles. The standard InChI is InChI=1S/C19H32N2O2/c1-8-10-15(9-2)17-16(12-20-14(5)21-17)19(6,11-13(3)4)18(22)23-7/h12-13,15H,8-11H2,1-7H3. The lowest BCUT2D eigenvalue weighted by Gasteiger charge is -2.32. The van der Waals surface area contributed by atoms with E-state index >= 15 is 0 Å². The molecule has 0 spiro atoms. The van der Waals surface area contributed by atoms with Crippen molar-refractivity contribution in [3.8, 4) is 0 Å². The SMILES string of the molecule is CCCC(CC)c1nc(C)ncc1C(C)(CC(C)C)C(=O)OC. The summed E-state index contributed by atoms with van der Waals surface area (Å²) in [5, 5.41) is 0. The minimum absolute atomic E-state index is 0.203. The van der Waals surface area contributed by atoms with Crippen LogP contribution >= 0.6 is 0 Å². The van der Waals surface area contributed by atoms with Gasteiger partial charge in [-0.1, -0.05) is 34.1 Å². The van der Waals surface area contributed by atoms with Crippen LogP contribution in [-0.4, -0.2) is 23.0 Å². The molecular formula is C19H32N2O2. The molecule has 0 aliphatic rings. The lowest BCUT2D eigenvalue weighted by atomic mass is 9.73. The van der Waals surface area contributed by atoms with E-state index < -0.39 is 5.41 Å². The summed E-state index contributed by atoms with van der Waals surface area (Å²) < 4.78 is 5.13. The molecule has 0 amide bonds. The Labute approximate surface area is 141 Å². The van der Waals surface area contributed by atoms with Gasteiger partial charge < -0.3 is 4.74 Å². The Morgan fingerprint density at radius 2 is 2.00 bits per heavy atom. The van der Waals surface area contributed by atoms with Crippen molar-refractivity contribution in [2.45, 2.75) is 78.6 Å². The van der Waals surface area contributed by atoms with E-state index in [4.69, 9.17) is 9.72 Å². The molecular weight excluding hydrogens is 288 g/mol. The molecule has 0 fully saturated rings. The number of esters is 1. The smallest absolute Gasteiger partial charge is 0.316 e. The van der Waals surface area contributed by atoms with Crippen LogP contribution in [0, 0.1) is 12.8 Å². The van der Waals surface area contributed by atoms with Crippen molar-refractivity contribution in [1.82, 2.24) is 9.97 Å². The Morgan fingerprint density at radius 3 is 2.48 bits per heavy atom. The maximum atomic E-state index is 12.6. The van der Waals surface area contributed by atoms with Crippen LogP contribution in [0.2, 0.25) is 0 Å². The minimum Gasteiger partial charge on any atom is -0.468 e. The molecule has 4 nitrogen and oxygen atoms in total. The summed E-state index contributed by atoms with van der Waals surface area (Å²) in [5.41, 5.74) is 1.26. The van der Waals surface area contributed by atoms with Gasteiger partial charge in [0.1, 0.15) is 5.82 Å². The third-order valence-corrected chi connectivity index (χ3v) is 4.50. The van der Waals surface area contributed by atoms with Gasteiger partial charge in [-0.05, 0) is 39.0 Å². The first-order chi connectivity index (χ1) is 10.8. The van der Waals surface area contributed by atoms with E-state index in [0.29, 0.717) is 11.8 Å². The van der Waals surface area contributed by atoms with E-state index in [-0.39, 0.29) is 5.97 Å². The highest BCUT2D eigenvalue weighted by molar-refractivity contribution is 5.83. The number of aryl methyl sites for hydroxylation is 1. The van der Waals surface area contributed by atoms with Gasteiger partial charge in [-0.25, -0.2) is 9.97 Å². The molecule has 0 saturated heterocycles. The maximum absolute atomic E-state index is 12.6. The van der Waals surface area contributed by atoms with Crippen LogP contribution in [0.15, 0.2) is 6.20 Å². The average Bonchev–Trinajstić information content (AvgIpc) is 2.50. The predicted octanol–water partition coefficient (Wildman–Crippen LogP) is 4.56. The molecule has 4 heteroatoms. The molecule has 0 N–H and O–H groups in total. The van der Waals surface area contributed by atoms with Crippen LogP contribution in [0.4, 0.5) is 0 Å². The maximum Gasteiger partial charge on any atom is 0.316 e. The van der Waals surface area contributed by atoms with Crippen molar-refractivity contribution in [2.24, 2.45) is 5.92 Å². The highest BCUT2D eigenvalue weighted by atomic mass is 16.5. The Hall–Kier alpha value is -1.45. The normalized spacial score (nSPS) is 15.3. The summed E-state index contributed by atoms with van der Waals surface area (Å²) in [7, 11) is 1.46. The van der Waals surface area contributed by atoms with Gasteiger partial charge in [-0.15, -0.1) is 0 Å². The molecule has 0 radical (unpaired) electrons. The zero-order valence-electron chi connectivity index (χ0n) is 15.8. The summed E-state index contributed by atoms with van der Waals surface area (Å²) in [5.74, 6) is 1.29. The fourth-order valence-corrected chi connectivity index (χ4v) is 3.45. The average molecular weight is 320 g/mol. The number of nitrogens with zero attached hydrogens (tertiary/aromatic N) is 2. The minimum atomic E-state index is -0.701. The number of aromatic nitrogens is 2. The molecule has 130 valence electrons. The molecule has 0 aliphatic heterocycles. The Balaban J connectivity index is 3.49. The first-order valence-corrected chi connectivity index (χ1v) is 8.72. The first kappa shape index (κ1) is 19.6. The van der Waals surface area contributed by atoms with Gasteiger partial charge in [-0.2, -0.15) is 0 Å². The molecule has 0 aliphatic carbocycles. The van der Waals surface area contributed by atoms with Crippen LogP contribution in [0.25, 0.3) is 0 Å². The number of hydrogen-bond acceptors (Lipinski definition) is 4. The van der Waals surface area contributed by atoms with Crippen LogP contribution in [0.3, 0.4) is 0 Å². The quantitative estimate of drug-likeness (QED) is 0.659. The summed E-state index contributed by atoms with van der Waals surface area (Å²) in [6.45, 7) is 12.5. The van der Waals surface area contributed by atoms with E-state index in [9.17, 15) is 4.79 Å². The summed E-state index contributed by atoms with van der Waals surface area (Å²) in [4.78, 5) is 21.7. The third kappa shape index (κ3) is 4.52. The number of methoxy groups -OCH3 is 1. The van der Waals surface area contributed by atoms with Crippen molar-refractivity contribution in [3.05, 3.63) is 23.3 Å². The lowest BCUT2D eigenvalue weighted by molar-refractivity contribution is -0.147. The zero-order valence-corrected chi connectivity index (χ0v) is 15.8. The second-order valence-electron chi connectivity index (χ2n) is 7.03. The Morgan fingerprint density at radius 1 is 1.35 bits per heavy atom. The Kier molecular flexibility index (Phi) is 7.17. The number of hydrogen-bond donors (Lipinski definition) is 0. The monoisotopic (exact) mass is 320 g/mol. The topological polar surface area (TPSA) is 52.1 Å². The number of carbonyl (C=O) groups excluding carboxylic acids is 1. The predicted molar refractivity (Wildman–Crippen MR) is 93.5 cm³/mol. The molecule has 1 rings (SSSR count). The van der Waals surface area contributed by atoms with Crippen LogP contribution in [0.1, 0.15) is 83.3 Å². The largest absolute Gasteiger partial charge is 0.468 e. The van der Waals surface area contributed by atoms with Crippen molar-refractivity contribution in [3.63, 3.8) is 0 Å². The number of ether oxygens (including phenoxy) is 1. The molecule has 23 heavy (non-hydrogen) atoms. The molecule has 0 bridgehead atoms. The van der Waals surface area contributed by atoms with Crippen molar-refractivity contribution < 1.29 is 9.53 Å². The van der Waals surface area contributed by atoms with Crippen molar-refractivity contribution in [2.75, 3.05) is 7.11 Å². The highest BCUT2D eigenvalue weighted by Gasteiger charge is 2.40. The van der Waals surface area contributed by atoms with E-state index in [0.717, 1.165) is 42.8 Å². The summed E-state index contributed by atoms with van der Waals surface area (Å²) in [6, 6.07) is 0. The fourth-order valence-electron chi connectivity index (χ4n) is 3.45. The van der Waals surface area contributed by atoms with E-state index in [1.54, 1.807) is 0 Å². The van der Waals surface area contributed by atoms with Crippen LogP contribution in [0.5, 0.6) is 0 Å². The van der Waals surface area contributed by atoms with Crippen LogP contribution in [-0.2, 0) is 14.9 Å². The second-order valence-corrected chi connectivity index (χ2v) is 7.03. The number of carbonyl (C=O) groups is 1. The van der Waals surface area contributed by atoms with Gasteiger partial charge in [0, 0.05) is 17.7 Å². The molecule has 0 aromatic carbocycles. The summed E-state index contributed by atoms with van der Waals surface area (Å²) >= 11 is 0. The zero-order chi connectivity index (χ0) is 17.6. The van der Waals surface area contributed by atoms with E-state index in [1.165, 1.54) is 7.11 Å². The van der Waals surface area contributed by atoms with Gasteiger partial charge in [0.05, 0.1) is 18.2 Å². The van der Waals surface area contributed by atoms with Crippen LogP contribution < -0.4 is 0 Å². The molecule has 2 unspecified atom stereocenters. The van der Waals surface area contributed by atoms with Crippen molar-refractivity contribution >= 4 is 5.97 Å². The summed E-state index contributed by atoms with van der Waals surface area (Å²) in [6.07, 6.45) is 5.74. The van der Waals surface area contributed by atoms with Gasteiger partial charge in [0.2, 0.25) is 0 Å². The molecule has 0 saturated carbocycles. The Bertz CT molecular complexity index is 528. The van der Waals surface area contributed by atoms with E-state index in [2.05, 4.69) is 32.7 Å². The van der Waals surface area contributed by atoms with Gasteiger partial charge in [-0.3, -0.25) is 4.79 Å². The second kappa shape index (κ2) is 8.42. The lowest BCUT2D eigenvalue weighted by Crippen LogP contribution is -2.37. The molecule has 2 atom stereocenters. The third-order valence-electron chi connectivity index (χ3n) is 4.50. The van der Waals surface area contributed by atoms with Gasteiger partial charge >= 0.3 is 5.97 Å². The van der Waals surface area contributed by atoms with E-state index in [1.807, 2.05) is 20.0 Å². The first-order valence-electron chi connectivity index (χ1n) is 8.72. The van der Waals surface area contributed by atoms with Crippen molar-refractivity contribution in [1.29, 1.82) is 0 Å². The molecule has 1 aromatic rings.